The molecular formula is C16H19N3O2. The van der Waals surface area contributed by atoms with Crippen LogP contribution in [0.4, 0.5) is 0 Å². The minimum Gasteiger partial charge on any atom is -0.354 e. The molecule has 110 valence electrons. The van der Waals surface area contributed by atoms with E-state index in [0.29, 0.717) is 13.1 Å². The lowest BCUT2D eigenvalue weighted by molar-refractivity contribution is -0.122. The first-order valence-corrected chi connectivity index (χ1v) is 7.07. The van der Waals surface area contributed by atoms with Gasteiger partial charge in [-0.1, -0.05) is 37.3 Å². The van der Waals surface area contributed by atoms with E-state index in [4.69, 9.17) is 0 Å². The molecule has 0 saturated carbocycles. The molecule has 1 aromatic heterocycles. The molecule has 0 bridgehead atoms. The van der Waals surface area contributed by atoms with Crippen molar-refractivity contribution in [3.05, 3.63) is 64.6 Å². The number of aromatic nitrogens is 2. The standard InChI is InChI=1S/C16H19N3O2/c1-2-14(13-7-4-3-5-8-13)16(21)17-11-12-19-15(20)9-6-10-18-19/h3-10,14H,2,11-12H2,1H3,(H,17,21). The van der Waals surface area contributed by atoms with Gasteiger partial charge in [-0.15, -0.1) is 0 Å². The molecular weight excluding hydrogens is 266 g/mol. The van der Waals surface area contributed by atoms with Crippen molar-refractivity contribution in [3.8, 4) is 0 Å². The van der Waals surface area contributed by atoms with Gasteiger partial charge in [0.25, 0.3) is 5.56 Å². The van der Waals surface area contributed by atoms with Crippen LogP contribution in [0.2, 0.25) is 0 Å². The maximum absolute atomic E-state index is 12.2. The first-order valence-electron chi connectivity index (χ1n) is 7.07. The highest BCUT2D eigenvalue weighted by Gasteiger charge is 2.17. The molecule has 5 heteroatoms. The number of carbonyl (C=O) groups is 1. The lowest BCUT2D eigenvalue weighted by Gasteiger charge is -2.15. The van der Waals surface area contributed by atoms with Gasteiger partial charge in [0, 0.05) is 18.8 Å². The van der Waals surface area contributed by atoms with Crippen molar-refractivity contribution < 1.29 is 4.79 Å². The number of hydrogen-bond acceptors (Lipinski definition) is 3. The van der Waals surface area contributed by atoms with Crippen molar-refractivity contribution in [1.82, 2.24) is 15.1 Å². The van der Waals surface area contributed by atoms with Gasteiger partial charge in [0.15, 0.2) is 0 Å². The summed E-state index contributed by atoms with van der Waals surface area (Å²) in [6.07, 6.45) is 2.29. The number of hydrogen-bond donors (Lipinski definition) is 1. The summed E-state index contributed by atoms with van der Waals surface area (Å²) in [5.41, 5.74) is 0.842. The van der Waals surface area contributed by atoms with Gasteiger partial charge < -0.3 is 5.32 Å². The average molecular weight is 285 g/mol. The molecule has 1 aromatic carbocycles. The van der Waals surface area contributed by atoms with Crippen molar-refractivity contribution in [2.75, 3.05) is 6.54 Å². The summed E-state index contributed by atoms with van der Waals surface area (Å²) in [6.45, 7) is 2.75. The van der Waals surface area contributed by atoms with E-state index in [2.05, 4.69) is 10.4 Å². The van der Waals surface area contributed by atoms with Crippen LogP contribution in [0.5, 0.6) is 0 Å². The van der Waals surface area contributed by atoms with Crippen LogP contribution in [0.25, 0.3) is 0 Å². The Morgan fingerprint density at radius 1 is 1.24 bits per heavy atom. The molecule has 0 radical (unpaired) electrons. The maximum atomic E-state index is 12.2. The topological polar surface area (TPSA) is 64.0 Å². The van der Waals surface area contributed by atoms with E-state index in [1.165, 1.54) is 10.7 Å². The third kappa shape index (κ3) is 4.02. The quantitative estimate of drug-likeness (QED) is 0.876. The average Bonchev–Trinajstić information content (AvgIpc) is 2.51. The fourth-order valence-electron chi connectivity index (χ4n) is 2.22. The number of carbonyl (C=O) groups excluding carboxylic acids is 1. The van der Waals surface area contributed by atoms with Crippen LogP contribution in [-0.4, -0.2) is 22.2 Å². The summed E-state index contributed by atoms with van der Waals surface area (Å²) in [7, 11) is 0. The highest BCUT2D eigenvalue weighted by Crippen LogP contribution is 2.18. The van der Waals surface area contributed by atoms with Crippen molar-refractivity contribution in [3.63, 3.8) is 0 Å². The summed E-state index contributed by atoms with van der Waals surface area (Å²) in [5.74, 6) is -0.181. The lowest BCUT2D eigenvalue weighted by atomic mass is 9.96. The largest absolute Gasteiger partial charge is 0.354 e. The Morgan fingerprint density at radius 2 is 2.00 bits per heavy atom. The zero-order chi connectivity index (χ0) is 15.1. The monoisotopic (exact) mass is 285 g/mol. The van der Waals surface area contributed by atoms with Crippen molar-refractivity contribution in [1.29, 1.82) is 0 Å². The van der Waals surface area contributed by atoms with E-state index in [9.17, 15) is 9.59 Å². The highest BCUT2D eigenvalue weighted by molar-refractivity contribution is 5.83. The first kappa shape index (κ1) is 15.0. The van der Waals surface area contributed by atoms with Crippen molar-refractivity contribution >= 4 is 5.91 Å². The molecule has 1 amide bonds. The van der Waals surface area contributed by atoms with E-state index in [1.807, 2.05) is 37.3 Å². The molecule has 21 heavy (non-hydrogen) atoms. The van der Waals surface area contributed by atoms with Gasteiger partial charge in [0.05, 0.1) is 12.5 Å². The zero-order valence-corrected chi connectivity index (χ0v) is 12.0. The van der Waals surface area contributed by atoms with Crippen molar-refractivity contribution in [2.45, 2.75) is 25.8 Å². The van der Waals surface area contributed by atoms with Gasteiger partial charge in [0.2, 0.25) is 5.91 Å². The van der Waals surface area contributed by atoms with Gasteiger partial charge in [0.1, 0.15) is 0 Å². The summed E-state index contributed by atoms with van der Waals surface area (Å²) in [5, 5.41) is 6.82. The Labute approximate surface area is 123 Å². The van der Waals surface area contributed by atoms with Crippen LogP contribution in [-0.2, 0) is 11.3 Å². The van der Waals surface area contributed by atoms with Crippen molar-refractivity contribution in [2.24, 2.45) is 0 Å². The number of nitrogens with one attached hydrogen (secondary N) is 1. The molecule has 1 atom stereocenters. The van der Waals surface area contributed by atoms with Crippen LogP contribution in [0.1, 0.15) is 24.8 Å². The summed E-state index contributed by atoms with van der Waals surface area (Å²) in [4.78, 5) is 23.7. The van der Waals surface area contributed by atoms with Crippen LogP contribution in [0.15, 0.2) is 53.5 Å². The number of rotatable bonds is 6. The molecule has 1 N–H and O–H groups in total. The molecule has 5 nitrogen and oxygen atoms in total. The Morgan fingerprint density at radius 3 is 2.67 bits per heavy atom. The Balaban J connectivity index is 1.92. The normalized spacial score (nSPS) is 11.9. The molecule has 0 aliphatic carbocycles. The van der Waals surface area contributed by atoms with E-state index in [0.717, 1.165) is 12.0 Å². The third-order valence-corrected chi connectivity index (χ3v) is 3.33. The van der Waals surface area contributed by atoms with E-state index in [-0.39, 0.29) is 17.4 Å². The van der Waals surface area contributed by atoms with Crippen LogP contribution in [0, 0.1) is 0 Å². The second kappa shape index (κ2) is 7.38. The minimum absolute atomic E-state index is 0.0207. The first-order chi connectivity index (χ1) is 10.2. The van der Waals surface area contributed by atoms with Gasteiger partial charge in [-0.05, 0) is 18.1 Å². The Bertz CT molecular complexity index is 637. The smallest absolute Gasteiger partial charge is 0.266 e. The van der Waals surface area contributed by atoms with Crippen LogP contribution in [0.3, 0.4) is 0 Å². The molecule has 1 heterocycles. The number of amides is 1. The fourth-order valence-corrected chi connectivity index (χ4v) is 2.22. The highest BCUT2D eigenvalue weighted by atomic mass is 16.2. The van der Waals surface area contributed by atoms with Crippen LogP contribution < -0.4 is 10.9 Å². The van der Waals surface area contributed by atoms with E-state index >= 15 is 0 Å². The predicted octanol–water partition coefficient (Wildman–Crippen LogP) is 1.55. The molecule has 0 aliphatic rings. The van der Waals surface area contributed by atoms with Gasteiger partial charge in [-0.3, -0.25) is 9.59 Å². The molecule has 0 fully saturated rings. The second-order valence-electron chi connectivity index (χ2n) is 4.75. The van der Waals surface area contributed by atoms with E-state index < -0.39 is 0 Å². The fraction of sp³-hybridized carbons (Fsp3) is 0.312. The van der Waals surface area contributed by atoms with E-state index in [1.54, 1.807) is 12.3 Å². The Hall–Kier alpha value is -2.43. The molecule has 0 saturated heterocycles. The Kier molecular flexibility index (Phi) is 5.26. The molecule has 2 rings (SSSR count). The molecule has 2 aromatic rings. The minimum atomic E-state index is -0.165. The zero-order valence-electron chi connectivity index (χ0n) is 12.0. The summed E-state index contributed by atoms with van der Waals surface area (Å²) in [6, 6.07) is 12.8. The van der Waals surface area contributed by atoms with Gasteiger partial charge in [-0.2, -0.15) is 5.10 Å². The second-order valence-corrected chi connectivity index (χ2v) is 4.75. The molecule has 0 spiro atoms. The van der Waals surface area contributed by atoms with Gasteiger partial charge in [-0.25, -0.2) is 4.68 Å². The number of benzene rings is 1. The molecule has 1 unspecified atom stereocenters. The third-order valence-electron chi connectivity index (χ3n) is 3.33. The lowest BCUT2D eigenvalue weighted by Crippen LogP contribution is -2.34. The summed E-state index contributed by atoms with van der Waals surface area (Å²) < 4.78 is 1.34. The summed E-state index contributed by atoms with van der Waals surface area (Å²) >= 11 is 0. The van der Waals surface area contributed by atoms with Crippen LogP contribution >= 0.6 is 0 Å². The number of nitrogens with zero attached hydrogens (tertiary/aromatic N) is 2. The maximum Gasteiger partial charge on any atom is 0.266 e. The predicted molar refractivity (Wildman–Crippen MR) is 81.0 cm³/mol. The molecule has 0 aliphatic heterocycles. The SMILES string of the molecule is CCC(C(=O)NCCn1ncccc1=O)c1ccccc1. The van der Waals surface area contributed by atoms with Gasteiger partial charge >= 0.3 is 0 Å².